The van der Waals surface area contributed by atoms with Crippen LogP contribution in [0.15, 0.2) is 59.9 Å². The summed E-state index contributed by atoms with van der Waals surface area (Å²) in [6.07, 6.45) is 3.47. The van der Waals surface area contributed by atoms with Crippen LogP contribution in [0.2, 0.25) is 0 Å². The van der Waals surface area contributed by atoms with Crippen LogP contribution in [-0.2, 0) is 0 Å². The maximum Gasteiger partial charge on any atom is 0.218 e. The molecule has 7 heteroatoms. The molecule has 0 aliphatic carbocycles. The van der Waals surface area contributed by atoms with Crippen molar-refractivity contribution in [2.24, 2.45) is 4.99 Å². The molecule has 1 fully saturated rings. The van der Waals surface area contributed by atoms with Gasteiger partial charge in [-0.1, -0.05) is 18.2 Å². The number of nitrogens with zero attached hydrogens (tertiary/aromatic N) is 5. The third-order valence-corrected chi connectivity index (χ3v) is 4.49. The zero-order valence-electron chi connectivity index (χ0n) is 14.3. The Balaban J connectivity index is 1.44. The number of para-hydroxylation sites is 1. The average molecular weight is 345 g/mol. The summed E-state index contributed by atoms with van der Waals surface area (Å²) in [6.45, 7) is 3.67. The molecule has 0 unspecified atom stereocenters. The molecule has 0 saturated carbocycles. The second-order valence-corrected chi connectivity index (χ2v) is 6.09. The average Bonchev–Trinajstić information content (AvgIpc) is 2.75. The fourth-order valence-corrected chi connectivity index (χ4v) is 3.07. The number of aliphatic imine (C=N–C) groups is 1. The highest BCUT2D eigenvalue weighted by Gasteiger charge is 2.21. The van der Waals surface area contributed by atoms with E-state index in [0.29, 0.717) is 5.69 Å². The molecule has 1 aromatic heterocycles. The van der Waals surface area contributed by atoms with Crippen LogP contribution in [0, 0.1) is 11.3 Å². The Morgan fingerprint density at radius 1 is 0.962 bits per heavy atom. The van der Waals surface area contributed by atoms with Gasteiger partial charge in [-0.05, 0) is 24.3 Å². The minimum atomic E-state index is 0.400. The van der Waals surface area contributed by atoms with Crippen molar-refractivity contribution in [2.45, 2.75) is 0 Å². The number of benzene rings is 1. The molecule has 2 aliphatic rings. The van der Waals surface area contributed by atoms with Gasteiger partial charge in [-0.15, -0.1) is 0 Å². The summed E-state index contributed by atoms with van der Waals surface area (Å²) in [6, 6.07) is 16.1. The van der Waals surface area contributed by atoms with Crippen LogP contribution in [0.4, 0.5) is 5.69 Å². The first-order valence-corrected chi connectivity index (χ1v) is 8.55. The van der Waals surface area contributed by atoms with Gasteiger partial charge in [-0.3, -0.25) is 5.43 Å². The Hall–Kier alpha value is -3.53. The number of anilines is 1. The van der Waals surface area contributed by atoms with Crippen molar-refractivity contribution < 1.29 is 0 Å². The number of piperazine rings is 1. The molecule has 0 amide bonds. The molecule has 2 aromatic rings. The normalized spacial score (nSPS) is 16.7. The molecule has 0 spiro atoms. The highest BCUT2D eigenvalue weighted by atomic mass is 15.5. The molecule has 130 valence electrons. The Labute approximate surface area is 152 Å². The minimum Gasteiger partial charge on any atom is -0.368 e. The second-order valence-electron chi connectivity index (χ2n) is 6.09. The standard InChI is InChI=1S/C19H19N7/c20-12-16-7-6-15(13-21-16)18-14-22-24-19(23-18)26-10-8-25(9-11-26)17-4-2-1-3-5-17/h1-7,13-14,22H,8-11H2,(H,23,24). The molecule has 0 bridgehead atoms. The predicted octanol–water partition coefficient (Wildman–Crippen LogP) is 1.54. The quantitative estimate of drug-likeness (QED) is 0.859. The monoisotopic (exact) mass is 345 g/mol. The van der Waals surface area contributed by atoms with Gasteiger partial charge >= 0.3 is 0 Å². The lowest BCUT2D eigenvalue weighted by atomic mass is 10.2. The van der Waals surface area contributed by atoms with Crippen molar-refractivity contribution in [1.82, 2.24) is 20.7 Å². The van der Waals surface area contributed by atoms with Crippen LogP contribution >= 0.6 is 0 Å². The number of hydrogen-bond donors (Lipinski definition) is 2. The first-order chi connectivity index (χ1) is 12.8. The number of aromatic nitrogens is 1. The van der Waals surface area contributed by atoms with Crippen molar-refractivity contribution in [1.29, 1.82) is 5.26 Å². The van der Waals surface area contributed by atoms with Gasteiger partial charge in [0.2, 0.25) is 5.96 Å². The van der Waals surface area contributed by atoms with Crippen LogP contribution < -0.4 is 15.8 Å². The van der Waals surface area contributed by atoms with Gasteiger partial charge in [0, 0.05) is 49.8 Å². The minimum absolute atomic E-state index is 0.400. The van der Waals surface area contributed by atoms with Crippen LogP contribution in [-0.4, -0.2) is 42.0 Å². The Bertz CT molecular complexity index is 857. The highest BCUT2D eigenvalue weighted by Crippen LogP contribution is 2.19. The van der Waals surface area contributed by atoms with Crippen molar-refractivity contribution in [2.75, 3.05) is 31.1 Å². The van der Waals surface area contributed by atoms with E-state index < -0.39 is 0 Å². The molecule has 1 saturated heterocycles. The van der Waals surface area contributed by atoms with Crippen molar-refractivity contribution in [3.05, 3.63) is 66.1 Å². The number of hydrogen-bond acceptors (Lipinski definition) is 7. The maximum absolute atomic E-state index is 8.87. The van der Waals surface area contributed by atoms with Crippen LogP contribution in [0.5, 0.6) is 0 Å². The van der Waals surface area contributed by atoms with Crippen molar-refractivity contribution in [3.63, 3.8) is 0 Å². The SMILES string of the molecule is N#Cc1ccc(C2=CNNC(N3CCN(c4ccccc4)CC3)=N2)cn1. The van der Waals surface area contributed by atoms with E-state index in [2.05, 4.69) is 49.9 Å². The van der Waals surface area contributed by atoms with E-state index >= 15 is 0 Å². The summed E-state index contributed by atoms with van der Waals surface area (Å²) >= 11 is 0. The zero-order chi connectivity index (χ0) is 17.8. The molecule has 2 N–H and O–H groups in total. The lowest BCUT2D eigenvalue weighted by Gasteiger charge is -2.38. The number of hydrazine groups is 1. The molecule has 2 aliphatic heterocycles. The lowest BCUT2D eigenvalue weighted by Crippen LogP contribution is -2.55. The van der Waals surface area contributed by atoms with E-state index in [1.807, 2.05) is 18.2 Å². The van der Waals surface area contributed by atoms with Crippen molar-refractivity contribution >= 4 is 17.3 Å². The molecule has 3 heterocycles. The molecule has 4 rings (SSSR count). The first-order valence-electron chi connectivity index (χ1n) is 8.55. The van der Waals surface area contributed by atoms with Gasteiger partial charge < -0.3 is 15.2 Å². The molecule has 0 radical (unpaired) electrons. The van der Waals surface area contributed by atoms with Gasteiger partial charge in [0.05, 0.1) is 5.70 Å². The number of nitriles is 1. The van der Waals surface area contributed by atoms with Crippen LogP contribution in [0.1, 0.15) is 11.3 Å². The molecule has 0 atom stereocenters. The van der Waals surface area contributed by atoms with E-state index in [1.54, 1.807) is 18.5 Å². The number of nitrogens with one attached hydrogen (secondary N) is 2. The predicted molar refractivity (Wildman–Crippen MR) is 101 cm³/mol. The lowest BCUT2D eigenvalue weighted by molar-refractivity contribution is 0.369. The van der Waals surface area contributed by atoms with Gasteiger partial charge in [-0.25, -0.2) is 9.98 Å². The van der Waals surface area contributed by atoms with Gasteiger partial charge in [0.15, 0.2) is 0 Å². The zero-order valence-corrected chi connectivity index (χ0v) is 14.3. The molecular formula is C19H19N7. The third-order valence-electron chi connectivity index (χ3n) is 4.49. The molecule has 1 aromatic carbocycles. The second kappa shape index (κ2) is 7.15. The summed E-state index contributed by atoms with van der Waals surface area (Å²) in [5.74, 6) is 0.805. The van der Waals surface area contributed by atoms with E-state index in [9.17, 15) is 0 Å². The Morgan fingerprint density at radius 2 is 1.73 bits per heavy atom. The largest absolute Gasteiger partial charge is 0.368 e. The summed E-state index contributed by atoms with van der Waals surface area (Å²) in [5.41, 5.74) is 9.51. The van der Waals surface area contributed by atoms with Crippen molar-refractivity contribution in [3.8, 4) is 6.07 Å². The highest BCUT2D eigenvalue weighted by molar-refractivity contribution is 5.88. The Kier molecular flexibility index (Phi) is 4.39. The van der Waals surface area contributed by atoms with E-state index in [0.717, 1.165) is 43.4 Å². The third kappa shape index (κ3) is 3.30. The smallest absolute Gasteiger partial charge is 0.218 e. The Morgan fingerprint density at radius 3 is 2.42 bits per heavy atom. The molecule has 7 nitrogen and oxygen atoms in total. The van der Waals surface area contributed by atoms with Gasteiger partial charge in [0.1, 0.15) is 11.8 Å². The first kappa shape index (κ1) is 16.0. The fraction of sp³-hybridized carbons (Fsp3) is 0.211. The van der Waals surface area contributed by atoms with Gasteiger partial charge in [0.25, 0.3) is 0 Å². The number of pyridine rings is 1. The maximum atomic E-state index is 8.87. The van der Waals surface area contributed by atoms with Gasteiger partial charge in [-0.2, -0.15) is 5.26 Å². The summed E-state index contributed by atoms with van der Waals surface area (Å²) in [5, 5.41) is 8.87. The van der Waals surface area contributed by atoms with E-state index in [1.165, 1.54) is 5.69 Å². The topological polar surface area (TPSA) is 79.6 Å². The van der Waals surface area contributed by atoms with Crippen LogP contribution in [0.3, 0.4) is 0 Å². The number of rotatable bonds is 2. The number of guanidine groups is 1. The fourth-order valence-electron chi connectivity index (χ4n) is 3.07. The summed E-state index contributed by atoms with van der Waals surface area (Å²) < 4.78 is 0. The van der Waals surface area contributed by atoms with Crippen LogP contribution in [0.25, 0.3) is 5.70 Å². The van der Waals surface area contributed by atoms with E-state index in [-0.39, 0.29) is 0 Å². The van der Waals surface area contributed by atoms with E-state index in [4.69, 9.17) is 10.3 Å². The summed E-state index contributed by atoms with van der Waals surface area (Å²) in [4.78, 5) is 13.4. The summed E-state index contributed by atoms with van der Waals surface area (Å²) in [7, 11) is 0. The molecular weight excluding hydrogens is 326 g/mol. The molecule has 26 heavy (non-hydrogen) atoms.